The number of carbonyl (C=O) groups excluding carboxylic acids is 1. The molecule has 0 unspecified atom stereocenters. The molecule has 0 saturated carbocycles. The Bertz CT molecular complexity index is 388. The van der Waals surface area contributed by atoms with Crippen molar-refractivity contribution >= 4 is 29.1 Å². The van der Waals surface area contributed by atoms with Gasteiger partial charge in [-0.3, -0.25) is 4.79 Å². The quantitative estimate of drug-likeness (QED) is 0.642. The fourth-order valence-electron chi connectivity index (χ4n) is 1.13. The largest absolute Gasteiger partial charge is 0.378 e. The highest BCUT2D eigenvalue weighted by molar-refractivity contribution is 6.31. The normalized spacial score (nSPS) is 10.3. The van der Waals surface area contributed by atoms with Crippen molar-refractivity contribution in [3.05, 3.63) is 34.6 Å². The first-order valence-electron chi connectivity index (χ1n) is 5.02. The highest BCUT2D eigenvalue weighted by atomic mass is 35.5. The van der Waals surface area contributed by atoms with Crippen molar-refractivity contribution in [2.75, 3.05) is 25.6 Å². The summed E-state index contributed by atoms with van der Waals surface area (Å²) in [6.45, 7) is 1.19. The molecule has 0 aromatic heterocycles. The molecule has 0 radical (unpaired) electrons. The number of nitrogens with one attached hydrogen (secondary N) is 1. The third-order valence-corrected chi connectivity index (χ3v) is 2.38. The molecule has 0 aliphatic heterocycles. The molecule has 17 heavy (non-hydrogen) atoms. The average molecular weight is 280 g/mol. The summed E-state index contributed by atoms with van der Waals surface area (Å²) in [4.78, 5) is 11.6. The van der Waals surface area contributed by atoms with Crippen LogP contribution in [0.2, 0.25) is 5.02 Å². The fraction of sp³-hybridized carbons (Fsp3) is 0.364. The van der Waals surface area contributed by atoms with Crippen LogP contribution < -0.4 is 5.32 Å². The number of ether oxygens (including phenoxy) is 1. The second kappa shape index (κ2) is 7.48. The Morgan fingerprint density at radius 1 is 1.41 bits per heavy atom. The molecule has 3 nitrogen and oxygen atoms in total. The number of alkyl halides is 1. The summed E-state index contributed by atoms with van der Waals surface area (Å²) in [6.07, 6.45) is 0. The number of benzene rings is 1. The van der Waals surface area contributed by atoms with Crippen molar-refractivity contribution in [3.63, 3.8) is 0 Å². The minimum atomic E-state index is -0.548. The van der Waals surface area contributed by atoms with Gasteiger partial charge in [0.1, 0.15) is 5.82 Å². The molecule has 1 amide bonds. The van der Waals surface area contributed by atoms with Crippen LogP contribution in [-0.2, 0) is 4.74 Å². The van der Waals surface area contributed by atoms with E-state index in [0.29, 0.717) is 31.2 Å². The molecular formula is C11H12Cl2FNO2. The van der Waals surface area contributed by atoms with Crippen molar-refractivity contribution in [1.82, 2.24) is 5.32 Å². The molecule has 0 aliphatic carbocycles. The maximum Gasteiger partial charge on any atom is 0.251 e. The summed E-state index contributed by atoms with van der Waals surface area (Å²) in [5, 5.41) is 2.54. The summed E-state index contributed by atoms with van der Waals surface area (Å²) < 4.78 is 17.9. The van der Waals surface area contributed by atoms with Crippen LogP contribution in [0.4, 0.5) is 4.39 Å². The number of halogens is 3. The zero-order chi connectivity index (χ0) is 12.7. The van der Waals surface area contributed by atoms with Crippen molar-refractivity contribution in [1.29, 1.82) is 0 Å². The van der Waals surface area contributed by atoms with Gasteiger partial charge >= 0.3 is 0 Å². The Morgan fingerprint density at radius 3 is 2.82 bits per heavy atom. The Balaban J connectivity index is 2.39. The lowest BCUT2D eigenvalue weighted by molar-refractivity contribution is 0.0923. The fourth-order valence-corrected chi connectivity index (χ4v) is 1.42. The van der Waals surface area contributed by atoms with E-state index in [1.165, 1.54) is 12.1 Å². The summed E-state index contributed by atoms with van der Waals surface area (Å²) in [7, 11) is 0. The van der Waals surface area contributed by atoms with Crippen LogP contribution in [0.1, 0.15) is 10.4 Å². The number of carbonyl (C=O) groups is 1. The monoisotopic (exact) mass is 279 g/mol. The Morgan fingerprint density at radius 2 is 2.18 bits per heavy atom. The molecule has 0 spiro atoms. The third kappa shape index (κ3) is 4.89. The van der Waals surface area contributed by atoms with E-state index in [4.69, 9.17) is 27.9 Å². The molecule has 0 fully saturated rings. The van der Waals surface area contributed by atoms with Crippen molar-refractivity contribution in [3.8, 4) is 0 Å². The first kappa shape index (κ1) is 14.2. The van der Waals surface area contributed by atoms with E-state index in [9.17, 15) is 9.18 Å². The SMILES string of the molecule is O=C(NCCOCCCl)c1ccc(F)c(Cl)c1. The Kier molecular flexibility index (Phi) is 6.26. The Hall–Kier alpha value is -0.840. The lowest BCUT2D eigenvalue weighted by atomic mass is 10.2. The summed E-state index contributed by atoms with van der Waals surface area (Å²) in [5.41, 5.74) is 0.314. The zero-order valence-corrected chi connectivity index (χ0v) is 10.5. The molecule has 1 aromatic carbocycles. The van der Waals surface area contributed by atoms with Gasteiger partial charge in [0.25, 0.3) is 5.91 Å². The second-order valence-corrected chi connectivity index (χ2v) is 3.97. The molecule has 0 heterocycles. The van der Waals surface area contributed by atoms with E-state index in [2.05, 4.69) is 5.32 Å². The molecular weight excluding hydrogens is 268 g/mol. The summed E-state index contributed by atoms with van der Waals surface area (Å²) >= 11 is 11.0. The number of hydrogen-bond acceptors (Lipinski definition) is 2. The first-order valence-corrected chi connectivity index (χ1v) is 5.93. The summed E-state index contributed by atoms with van der Waals surface area (Å²) in [6, 6.07) is 3.81. The van der Waals surface area contributed by atoms with Gasteiger partial charge in [-0.2, -0.15) is 0 Å². The number of hydrogen-bond donors (Lipinski definition) is 1. The van der Waals surface area contributed by atoms with E-state index in [-0.39, 0.29) is 10.9 Å². The third-order valence-electron chi connectivity index (χ3n) is 1.94. The second-order valence-electron chi connectivity index (χ2n) is 3.19. The highest BCUT2D eigenvalue weighted by Gasteiger charge is 2.07. The molecule has 94 valence electrons. The molecule has 0 aliphatic rings. The predicted molar refractivity (Wildman–Crippen MR) is 65.3 cm³/mol. The molecule has 1 N–H and O–H groups in total. The number of amides is 1. The van der Waals surface area contributed by atoms with Crippen LogP contribution in [0, 0.1) is 5.82 Å². The van der Waals surface area contributed by atoms with E-state index in [1.54, 1.807) is 0 Å². The highest BCUT2D eigenvalue weighted by Crippen LogP contribution is 2.15. The Labute approximate surface area is 109 Å². The van der Waals surface area contributed by atoms with Crippen LogP contribution in [0.25, 0.3) is 0 Å². The van der Waals surface area contributed by atoms with Crippen molar-refractivity contribution in [2.24, 2.45) is 0 Å². The van der Waals surface area contributed by atoms with Gasteiger partial charge in [-0.1, -0.05) is 11.6 Å². The van der Waals surface area contributed by atoms with Gasteiger partial charge in [0.2, 0.25) is 0 Å². The molecule has 0 atom stereocenters. The standard InChI is InChI=1S/C11H12Cl2FNO2/c12-3-5-17-6-4-15-11(16)8-1-2-10(14)9(13)7-8/h1-2,7H,3-6H2,(H,15,16). The van der Waals surface area contributed by atoms with Crippen LogP contribution in [-0.4, -0.2) is 31.5 Å². The molecule has 1 aromatic rings. The van der Waals surface area contributed by atoms with Crippen LogP contribution in [0.15, 0.2) is 18.2 Å². The van der Waals surface area contributed by atoms with E-state index < -0.39 is 5.82 Å². The van der Waals surface area contributed by atoms with Crippen LogP contribution in [0.3, 0.4) is 0 Å². The van der Waals surface area contributed by atoms with Crippen molar-refractivity contribution in [2.45, 2.75) is 0 Å². The lowest BCUT2D eigenvalue weighted by Gasteiger charge is -2.06. The minimum absolute atomic E-state index is 0.0731. The van der Waals surface area contributed by atoms with Gasteiger partial charge in [0.15, 0.2) is 0 Å². The molecule has 0 bridgehead atoms. The minimum Gasteiger partial charge on any atom is -0.378 e. The maximum atomic E-state index is 12.9. The first-order chi connectivity index (χ1) is 8.15. The lowest BCUT2D eigenvalue weighted by Crippen LogP contribution is -2.27. The van der Waals surface area contributed by atoms with Gasteiger partial charge in [-0.05, 0) is 18.2 Å². The van der Waals surface area contributed by atoms with Crippen LogP contribution >= 0.6 is 23.2 Å². The van der Waals surface area contributed by atoms with Crippen molar-refractivity contribution < 1.29 is 13.9 Å². The van der Waals surface area contributed by atoms with Crippen LogP contribution in [0.5, 0.6) is 0 Å². The maximum absolute atomic E-state index is 12.9. The smallest absolute Gasteiger partial charge is 0.251 e. The van der Waals surface area contributed by atoms with E-state index in [0.717, 1.165) is 6.07 Å². The molecule has 1 rings (SSSR count). The van der Waals surface area contributed by atoms with Gasteiger partial charge < -0.3 is 10.1 Å². The van der Waals surface area contributed by atoms with E-state index in [1.807, 2.05) is 0 Å². The topological polar surface area (TPSA) is 38.3 Å². The number of rotatable bonds is 6. The van der Waals surface area contributed by atoms with Gasteiger partial charge in [0.05, 0.1) is 18.2 Å². The van der Waals surface area contributed by atoms with Gasteiger partial charge in [-0.15, -0.1) is 11.6 Å². The average Bonchev–Trinajstić information content (AvgIpc) is 2.32. The van der Waals surface area contributed by atoms with E-state index >= 15 is 0 Å². The predicted octanol–water partition coefficient (Wildman–Crippen LogP) is 2.46. The molecule has 0 saturated heterocycles. The van der Waals surface area contributed by atoms with Gasteiger partial charge in [-0.25, -0.2) is 4.39 Å². The van der Waals surface area contributed by atoms with Gasteiger partial charge in [0, 0.05) is 18.0 Å². The zero-order valence-electron chi connectivity index (χ0n) is 9.01. The summed E-state index contributed by atoms with van der Waals surface area (Å²) in [5.74, 6) is -0.448. The molecule has 6 heteroatoms.